The fourth-order valence-corrected chi connectivity index (χ4v) is 4.05. The predicted octanol–water partition coefficient (Wildman–Crippen LogP) is 1.86. The van der Waals surface area contributed by atoms with Crippen molar-refractivity contribution in [3.05, 3.63) is 36.0 Å². The Morgan fingerprint density at radius 1 is 0.967 bits per heavy atom. The fourth-order valence-electron chi connectivity index (χ4n) is 4.05. The molecule has 2 amide bonds. The zero-order chi connectivity index (χ0) is 20.9. The number of aromatic nitrogens is 2. The van der Waals surface area contributed by atoms with Crippen molar-refractivity contribution in [1.29, 1.82) is 0 Å². The normalized spacial score (nSPS) is 17.8. The minimum Gasteiger partial charge on any atom is -0.497 e. The molecule has 4 rings (SSSR count). The summed E-state index contributed by atoms with van der Waals surface area (Å²) in [6.45, 7) is 4.87. The van der Waals surface area contributed by atoms with Crippen molar-refractivity contribution < 1.29 is 14.3 Å². The van der Waals surface area contributed by atoms with Gasteiger partial charge in [0.2, 0.25) is 5.91 Å². The van der Waals surface area contributed by atoms with Crippen LogP contribution in [0.2, 0.25) is 0 Å². The molecule has 3 heterocycles. The van der Waals surface area contributed by atoms with Gasteiger partial charge in [-0.05, 0) is 49.6 Å². The number of piperazine rings is 1. The van der Waals surface area contributed by atoms with Gasteiger partial charge in [-0.3, -0.25) is 19.6 Å². The molecule has 0 atom stereocenters. The first-order chi connectivity index (χ1) is 14.6. The van der Waals surface area contributed by atoms with E-state index in [1.165, 1.54) is 6.42 Å². The zero-order valence-electron chi connectivity index (χ0n) is 17.5. The highest BCUT2D eigenvalue weighted by atomic mass is 16.5. The largest absolute Gasteiger partial charge is 0.497 e. The summed E-state index contributed by atoms with van der Waals surface area (Å²) in [4.78, 5) is 31.3. The molecule has 2 aliphatic heterocycles. The molecule has 2 aliphatic rings. The highest BCUT2D eigenvalue weighted by Gasteiger charge is 2.26. The lowest BCUT2D eigenvalue weighted by molar-refractivity contribution is -0.133. The molecule has 2 saturated heterocycles. The Kier molecular flexibility index (Phi) is 6.32. The third-order valence-electron chi connectivity index (χ3n) is 5.92. The van der Waals surface area contributed by atoms with Gasteiger partial charge in [0.1, 0.15) is 11.4 Å². The van der Waals surface area contributed by atoms with Crippen molar-refractivity contribution in [1.82, 2.24) is 24.9 Å². The number of carbonyl (C=O) groups excluding carboxylic acids is 2. The van der Waals surface area contributed by atoms with Gasteiger partial charge in [-0.2, -0.15) is 5.10 Å². The second kappa shape index (κ2) is 9.30. The SMILES string of the molecule is COc1ccc(-c2cc(C(=O)N3CCN(CC(=O)N4CCCCC4)CC3)[nH]n2)cc1. The smallest absolute Gasteiger partial charge is 0.271 e. The predicted molar refractivity (Wildman–Crippen MR) is 113 cm³/mol. The molecule has 0 spiro atoms. The van der Waals surface area contributed by atoms with Gasteiger partial charge in [0, 0.05) is 44.8 Å². The van der Waals surface area contributed by atoms with Gasteiger partial charge in [0.15, 0.2) is 0 Å². The van der Waals surface area contributed by atoms with E-state index in [4.69, 9.17) is 4.74 Å². The minimum atomic E-state index is -0.0516. The Morgan fingerprint density at radius 3 is 2.33 bits per heavy atom. The lowest BCUT2D eigenvalue weighted by Crippen LogP contribution is -2.52. The number of nitrogens with one attached hydrogen (secondary N) is 1. The summed E-state index contributed by atoms with van der Waals surface area (Å²) in [5.41, 5.74) is 2.14. The molecular formula is C22H29N5O3. The number of ether oxygens (including phenoxy) is 1. The van der Waals surface area contributed by atoms with E-state index in [0.717, 1.165) is 42.9 Å². The van der Waals surface area contributed by atoms with Crippen LogP contribution in [0.4, 0.5) is 0 Å². The van der Waals surface area contributed by atoms with Crippen molar-refractivity contribution in [2.45, 2.75) is 19.3 Å². The summed E-state index contributed by atoms with van der Waals surface area (Å²) in [5, 5.41) is 7.16. The molecule has 0 saturated carbocycles. The molecule has 0 bridgehead atoms. The third-order valence-corrected chi connectivity index (χ3v) is 5.92. The number of methoxy groups -OCH3 is 1. The number of rotatable bonds is 5. The maximum absolute atomic E-state index is 12.9. The summed E-state index contributed by atoms with van der Waals surface area (Å²) in [6, 6.07) is 9.37. The van der Waals surface area contributed by atoms with Gasteiger partial charge in [0.25, 0.3) is 5.91 Å². The molecule has 1 aromatic carbocycles. The number of hydrogen-bond acceptors (Lipinski definition) is 5. The van der Waals surface area contributed by atoms with Crippen LogP contribution in [0, 0.1) is 0 Å². The quantitative estimate of drug-likeness (QED) is 0.812. The van der Waals surface area contributed by atoms with E-state index in [9.17, 15) is 9.59 Å². The first-order valence-corrected chi connectivity index (χ1v) is 10.6. The van der Waals surface area contributed by atoms with Gasteiger partial charge >= 0.3 is 0 Å². The maximum atomic E-state index is 12.9. The molecule has 0 radical (unpaired) electrons. The number of aromatic amines is 1. The zero-order valence-corrected chi connectivity index (χ0v) is 17.5. The van der Waals surface area contributed by atoms with Gasteiger partial charge in [-0.1, -0.05) is 0 Å². The van der Waals surface area contributed by atoms with Gasteiger partial charge in [0.05, 0.1) is 19.3 Å². The summed E-state index contributed by atoms with van der Waals surface area (Å²) in [6.07, 6.45) is 3.44. The van der Waals surface area contributed by atoms with E-state index >= 15 is 0 Å². The highest BCUT2D eigenvalue weighted by Crippen LogP contribution is 2.22. The molecule has 8 heteroatoms. The van der Waals surface area contributed by atoms with E-state index in [0.29, 0.717) is 38.4 Å². The number of piperidine rings is 1. The van der Waals surface area contributed by atoms with Crippen LogP contribution in [-0.2, 0) is 4.79 Å². The van der Waals surface area contributed by atoms with Crippen molar-refractivity contribution >= 4 is 11.8 Å². The van der Waals surface area contributed by atoms with Crippen molar-refractivity contribution in [3.63, 3.8) is 0 Å². The maximum Gasteiger partial charge on any atom is 0.271 e. The minimum absolute atomic E-state index is 0.0516. The fraction of sp³-hybridized carbons (Fsp3) is 0.500. The molecule has 160 valence electrons. The van der Waals surface area contributed by atoms with Crippen LogP contribution in [0.1, 0.15) is 29.8 Å². The van der Waals surface area contributed by atoms with Crippen LogP contribution in [0.25, 0.3) is 11.3 Å². The van der Waals surface area contributed by atoms with Crippen LogP contribution in [0.15, 0.2) is 30.3 Å². The monoisotopic (exact) mass is 411 g/mol. The Morgan fingerprint density at radius 2 is 1.67 bits per heavy atom. The number of benzene rings is 1. The van der Waals surface area contributed by atoms with Crippen LogP contribution >= 0.6 is 0 Å². The van der Waals surface area contributed by atoms with Crippen LogP contribution in [0.5, 0.6) is 5.75 Å². The number of carbonyl (C=O) groups is 2. The van der Waals surface area contributed by atoms with E-state index in [-0.39, 0.29) is 11.8 Å². The van der Waals surface area contributed by atoms with E-state index in [2.05, 4.69) is 15.1 Å². The Labute approximate surface area is 176 Å². The lowest BCUT2D eigenvalue weighted by Gasteiger charge is -2.35. The standard InChI is InChI=1S/C22H29N5O3/c1-30-18-7-5-17(6-8-18)19-15-20(24-23-19)22(29)27-13-11-25(12-14-27)16-21(28)26-9-3-2-4-10-26/h5-8,15H,2-4,9-14,16H2,1H3,(H,23,24). The highest BCUT2D eigenvalue weighted by molar-refractivity contribution is 5.93. The average molecular weight is 412 g/mol. The topological polar surface area (TPSA) is 81.8 Å². The third kappa shape index (κ3) is 4.64. The van der Waals surface area contributed by atoms with Crippen LogP contribution in [-0.4, -0.2) is 89.6 Å². The van der Waals surface area contributed by atoms with Gasteiger partial charge in [-0.15, -0.1) is 0 Å². The summed E-state index contributed by atoms with van der Waals surface area (Å²) in [5.74, 6) is 0.943. The average Bonchev–Trinajstić information content (AvgIpc) is 3.30. The van der Waals surface area contributed by atoms with Crippen LogP contribution in [0.3, 0.4) is 0 Å². The molecule has 2 fully saturated rings. The second-order valence-electron chi connectivity index (χ2n) is 7.91. The van der Waals surface area contributed by atoms with Gasteiger partial charge < -0.3 is 14.5 Å². The number of H-pyrrole nitrogens is 1. The molecule has 0 aliphatic carbocycles. The molecule has 2 aromatic rings. The molecule has 0 unspecified atom stereocenters. The first kappa shape index (κ1) is 20.4. The number of amides is 2. The van der Waals surface area contributed by atoms with E-state index in [1.54, 1.807) is 13.2 Å². The summed E-state index contributed by atoms with van der Waals surface area (Å²) >= 11 is 0. The summed E-state index contributed by atoms with van der Waals surface area (Å²) in [7, 11) is 1.63. The Bertz CT molecular complexity index is 865. The molecular weight excluding hydrogens is 382 g/mol. The van der Waals surface area contributed by atoms with Crippen molar-refractivity contribution in [3.8, 4) is 17.0 Å². The Balaban J connectivity index is 1.30. The molecule has 1 N–H and O–H groups in total. The molecule has 8 nitrogen and oxygen atoms in total. The molecule has 30 heavy (non-hydrogen) atoms. The number of likely N-dealkylation sites (tertiary alicyclic amines) is 1. The van der Waals surface area contributed by atoms with E-state index < -0.39 is 0 Å². The summed E-state index contributed by atoms with van der Waals surface area (Å²) < 4.78 is 5.18. The molecule has 1 aromatic heterocycles. The van der Waals surface area contributed by atoms with Crippen LogP contribution < -0.4 is 4.74 Å². The van der Waals surface area contributed by atoms with Crippen molar-refractivity contribution in [2.75, 3.05) is 52.9 Å². The lowest BCUT2D eigenvalue weighted by atomic mass is 10.1. The van der Waals surface area contributed by atoms with Crippen molar-refractivity contribution in [2.24, 2.45) is 0 Å². The van der Waals surface area contributed by atoms with E-state index in [1.807, 2.05) is 34.1 Å². The number of hydrogen-bond donors (Lipinski definition) is 1. The van der Waals surface area contributed by atoms with Gasteiger partial charge in [-0.25, -0.2) is 0 Å². The second-order valence-corrected chi connectivity index (χ2v) is 7.91. The first-order valence-electron chi connectivity index (χ1n) is 10.6. The number of nitrogens with zero attached hydrogens (tertiary/aromatic N) is 4. The Hall–Kier alpha value is -2.87.